The highest BCUT2D eigenvalue weighted by Gasteiger charge is 2.19. The third-order valence-corrected chi connectivity index (χ3v) is 4.54. The first-order valence-electron chi connectivity index (χ1n) is 8.00. The second-order valence-corrected chi connectivity index (χ2v) is 5.99. The van der Waals surface area contributed by atoms with Crippen LogP contribution >= 0.6 is 12.4 Å². The summed E-state index contributed by atoms with van der Waals surface area (Å²) >= 11 is 0. The van der Waals surface area contributed by atoms with Crippen LogP contribution in [0.15, 0.2) is 24.4 Å². The highest BCUT2D eigenvalue weighted by atomic mass is 35.5. The molecule has 122 valence electrons. The molecule has 1 amide bonds. The fourth-order valence-corrected chi connectivity index (χ4v) is 3.40. The van der Waals surface area contributed by atoms with Gasteiger partial charge >= 0.3 is 0 Å². The van der Waals surface area contributed by atoms with Crippen molar-refractivity contribution < 1.29 is 4.79 Å². The van der Waals surface area contributed by atoms with Gasteiger partial charge in [-0.05, 0) is 36.5 Å². The van der Waals surface area contributed by atoms with Crippen LogP contribution < -0.4 is 10.6 Å². The fraction of sp³-hybridized carbons (Fsp3) is 0.412. The maximum Gasteiger partial charge on any atom is 0.275 e. The monoisotopic (exact) mass is 332 g/mol. The molecule has 0 radical (unpaired) electrons. The molecule has 0 saturated heterocycles. The minimum atomic E-state index is -0.103. The lowest BCUT2D eigenvalue weighted by atomic mass is 10.1. The number of halogens is 1. The molecule has 0 bridgehead atoms. The van der Waals surface area contributed by atoms with E-state index in [1.165, 1.54) is 17.5 Å². The van der Waals surface area contributed by atoms with Crippen LogP contribution in [0.5, 0.6) is 0 Å². The molecule has 1 aromatic carbocycles. The van der Waals surface area contributed by atoms with Gasteiger partial charge in [-0.2, -0.15) is 0 Å². The van der Waals surface area contributed by atoms with Crippen molar-refractivity contribution in [1.29, 1.82) is 0 Å². The number of rotatable bonds is 2. The molecule has 0 atom stereocenters. The van der Waals surface area contributed by atoms with E-state index in [1.54, 1.807) is 0 Å². The number of aromatic nitrogens is 2. The van der Waals surface area contributed by atoms with E-state index in [1.807, 2.05) is 18.3 Å². The molecule has 4 rings (SSSR count). The van der Waals surface area contributed by atoms with E-state index in [0.29, 0.717) is 5.69 Å². The Morgan fingerprint density at radius 2 is 2.13 bits per heavy atom. The first kappa shape index (κ1) is 16.0. The largest absolute Gasteiger partial charge is 0.333 e. The second-order valence-electron chi connectivity index (χ2n) is 5.99. The summed E-state index contributed by atoms with van der Waals surface area (Å²) in [5.74, 6) is 0.891. The number of benzene rings is 1. The Bertz CT molecular complexity index is 702. The molecule has 2 aromatic rings. The van der Waals surface area contributed by atoms with Crippen LogP contribution in [0.25, 0.3) is 0 Å². The minimum Gasteiger partial charge on any atom is -0.333 e. The van der Waals surface area contributed by atoms with E-state index in [9.17, 15) is 4.79 Å². The van der Waals surface area contributed by atoms with Gasteiger partial charge in [0.05, 0.1) is 0 Å². The van der Waals surface area contributed by atoms with Crippen molar-refractivity contribution in [2.24, 2.45) is 0 Å². The Hall–Kier alpha value is -1.85. The van der Waals surface area contributed by atoms with E-state index >= 15 is 0 Å². The number of carbonyl (C=O) groups excluding carboxylic acids is 1. The van der Waals surface area contributed by atoms with Crippen molar-refractivity contribution in [3.8, 4) is 0 Å². The Morgan fingerprint density at radius 1 is 1.22 bits per heavy atom. The van der Waals surface area contributed by atoms with Gasteiger partial charge in [0, 0.05) is 37.9 Å². The number of imidazole rings is 1. The Morgan fingerprint density at radius 3 is 3.04 bits per heavy atom. The van der Waals surface area contributed by atoms with Crippen molar-refractivity contribution in [2.75, 3.05) is 18.4 Å². The number of hydrogen-bond acceptors (Lipinski definition) is 3. The second kappa shape index (κ2) is 6.72. The van der Waals surface area contributed by atoms with Gasteiger partial charge in [-0.1, -0.05) is 12.1 Å². The van der Waals surface area contributed by atoms with Crippen molar-refractivity contribution in [3.05, 3.63) is 47.0 Å². The van der Waals surface area contributed by atoms with Crippen LogP contribution in [0.3, 0.4) is 0 Å². The molecular weight excluding hydrogens is 312 g/mol. The van der Waals surface area contributed by atoms with Crippen LogP contribution in [0, 0.1) is 0 Å². The molecule has 0 spiro atoms. The van der Waals surface area contributed by atoms with Crippen LogP contribution in [-0.4, -0.2) is 28.5 Å². The number of amides is 1. The van der Waals surface area contributed by atoms with E-state index in [4.69, 9.17) is 0 Å². The lowest BCUT2D eigenvalue weighted by Crippen LogP contribution is -2.18. The number of fused-ring (bicyclic) bond motifs is 2. The third kappa shape index (κ3) is 3.12. The minimum absolute atomic E-state index is 0. The molecule has 2 N–H and O–H groups in total. The zero-order valence-electron chi connectivity index (χ0n) is 13.0. The van der Waals surface area contributed by atoms with Gasteiger partial charge in [-0.3, -0.25) is 4.79 Å². The molecule has 23 heavy (non-hydrogen) atoms. The molecular formula is C17H21ClN4O. The van der Waals surface area contributed by atoms with Gasteiger partial charge in [0.2, 0.25) is 0 Å². The molecule has 1 aliphatic heterocycles. The smallest absolute Gasteiger partial charge is 0.275 e. The quantitative estimate of drug-likeness (QED) is 0.886. The van der Waals surface area contributed by atoms with Crippen molar-refractivity contribution in [3.63, 3.8) is 0 Å². The van der Waals surface area contributed by atoms with Crippen molar-refractivity contribution in [2.45, 2.75) is 32.2 Å². The number of nitrogens with one attached hydrogen (secondary N) is 2. The molecule has 2 aliphatic rings. The van der Waals surface area contributed by atoms with Crippen LogP contribution in [0.4, 0.5) is 5.69 Å². The lowest BCUT2D eigenvalue weighted by molar-refractivity contribution is 0.102. The molecule has 0 unspecified atom stereocenters. The molecule has 0 fully saturated rings. The average molecular weight is 333 g/mol. The van der Waals surface area contributed by atoms with E-state index in [-0.39, 0.29) is 18.3 Å². The summed E-state index contributed by atoms with van der Waals surface area (Å²) in [6.07, 6.45) is 6.09. The number of carbonyl (C=O) groups is 1. The predicted molar refractivity (Wildman–Crippen MR) is 92.5 cm³/mol. The normalized spacial score (nSPS) is 16.0. The zero-order valence-corrected chi connectivity index (χ0v) is 13.8. The summed E-state index contributed by atoms with van der Waals surface area (Å²) in [5, 5.41) is 6.39. The van der Waals surface area contributed by atoms with E-state index in [2.05, 4.69) is 26.3 Å². The zero-order chi connectivity index (χ0) is 14.9. The molecule has 0 saturated carbocycles. The number of anilines is 1. The van der Waals surface area contributed by atoms with Crippen LogP contribution in [0.2, 0.25) is 0 Å². The van der Waals surface area contributed by atoms with Crippen LogP contribution in [0.1, 0.15) is 33.9 Å². The number of nitrogens with zero attached hydrogens (tertiary/aromatic N) is 2. The van der Waals surface area contributed by atoms with Gasteiger partial charge in [0.1, 0.15) is 11.5 Å². The predicted octanol–water partition coefficient (Wildman–Crippen LogP) is 2.19. The van der Waals surface area contributed by atoms with Gasteiger partial charge < -0.3 is 15.2 Å². The SMILES string of the molecule is Cl.O=C(Nc1cccc2c1CCC2)c1cn2c(n1)CCNCC2. The maximum absolute atomic E-state index is 12.5. The summed E-state index contributed by atoms with van der Waals surface area (Å²) in [6.45, 7) is 2.72. The lowest BCUT2D eigenvalue weighted by Gasteiger charge is -2.09. The maximum atomic E-state index is 12.5. The summed E-state index contributed by atoms with van der Waals surface area (Å²) in [4.78, 5) is 17.0. The summed E-state index contributed by atoms with van der Waals surface area (Å²) < 4.78 is 2.09. The Kier molecular flexibility index (Phi) is 4.68. The molecule has 2 heterocycles. The molecule has 6 heteroatoms. The number of aryl methyl sites for hydroxylation is 1. The fourth-order valence-electron chi connectivity index (χ4n) is 3.40. The van der Waals surface area contributed by atoms with Gasteiger partial charge in [-0.25, -0.2) is 4.98 Å². The number of hydrogen-bond donors (Lipinski definition) is 2. The first-order valence-corrected chi connectivity index (χ1v) is 8.00. The average Bonchev–Trinajstić information content (AvgIpc) is 3.10. The highest BCUT2D eigenvalue weighted by Crippen LogP contribution is 2.29. The van der Waals surface area contributed by atoms with Gasteiger partial charge in [0.15, 0.2) is 0 Å². The van der Waals surface area contributed by atoms with E-state index < -0.39 is 0 Å². The standard InChI is InChI=1S/C17H20N4O.ClH/c22-17(15-11-21-10-9-18-8-7-16(21)19-15)20-14-6-2-4-12-3-1-5-13(12)14;/h2,4,6,11,18H,1,3,5,7-10H2,(H,20,22);1H. The highest BCUT2D eigenvalue weighted by molar-refractivity contribution is 6.03. The van der Waals surface area contributed by atoms with Gasteiger partial charge in [-0.15, -0.1) is 12.4 Å². The first-order chi connectivity index (χ1) is 10.8. The van der Waals surface area contributed by atoms with Gasteiger partial charge in [0.25, 0.3) is 5.91 Å². The molecule has 5 nitrogen and oxygen atoms in total. The topological polar surface area (TPSA) is 59.0 Å². The van der Waals surface area contributed by atoms with Crippen molar-refractivity contribution >= 4 is 24.0 Å². The summed E-state index contributed by atoms with van der Waals surface area (Å²) in [5.41, 5.74) is 4.13. The Balaban J connectivity index is 0.00000156. The van der Waals surface area contributed by atoms with Crippen molar-refractivity contribution in [1.82, 2.24) is 14.9 Å². The summed E-state index contributed by atoms with van der Waals surface area (Å²) in [6, 6.07) is 6.17. The third-order valence-electron chi connectivity index (χ3n) is 4.54. The Labute approximate surface area is 141 Å². The molecule has 1 aromatic heterocycles. The van der Waals surface area contributed by atoms with Crippen LogP contribution in [-0.2, 0) is 25.8 Å². The van der Waals surface area contributed by atoms with E-state index in [0.717, 1.165) is 50.4 Å². The molecule has 1 aliphatic carbocycles. The summed E-state index contributed by atoms with van der Waals surface area (Å²) in [7, 11) is 0.